The number of carbonyl (C=O) groups excluding carboxylic acids is 1. The average Bonchev–Trinajstić information content (AvgIpc) is 2.46. The Labute approximate surface area is 124 Å². The fraction of sp³-hybridized carbons (Fsp3) is 0.267. The van der Waals surface area contributed by atoms with Crippen molar-refractivity contribution >= 4 is 26.7 Å². The molecule has 6 heteroatoms. The maximum atomic E-state index is 12.5. The first kappa shape index (κ1) is 15.5. The van der Waals surface area contributed by atoms with Crippen molar-refractivity contribution in [3.63, 3.8) is 0 Å². The molecular weight excluding hydrogens is 288 g/mol. The molecular formula is C15H18N2O3S. The van der Waals surface area contributed by atoms with E-state index in [9.17, 15) is 13.2 Å². The van der Waals surface area contributed by atoms with E-state index in [0.717, 1.165) is 5.39 Å². The molecule has 112 valence electrons. The van der Waals surface area contributed by atoms with Crippen molar-refractivity contribution in [2.45, 2.75) is 30.7 Å². The van der Waals surface area contributed by atoms with Crippen LogP contribution >= 0.6 is 0 Å². The number of hydrogen-bond donors (Lipinski definition) is 2. The second-order valence-corrected chi connectivity index (χ2v) is 6.52. The summed E-state index contributed by atoms with van der Waals surface area (Å²) in [6, 6.07) is 11.3. The Morgan fingerprint density at radius 3 is 2.52 bits per heavy atom. The van der Waals surface area contributed by atoms with Gasteiger partial charge in [-0.3, -0.25) is 4.79 Å². The molecule has 3 N–H and O–H groups in total. The third-order valence-electron chi connectivity index (χ3n) is 3.26. The van der Waals surface area contributed by atoms with Crippen LogP contribution < -0.4 is 10.5 Å². The molecule has 21 heavy (non-hydrogen) atoms. The van der Waals surface area contributed by atoms with Gasteiger partial charge < -0.3 is 5.73 Å². The SMILES string of the molecule is CCC[C@H](NS(=O)(=O)c1cccc2ccccc12)C(N)=O. The van der Waals surface area contributed by atoms with Crippen molar-refractivity contribution in [3.8, 4) is 0 Å². The van der Waals surface area contributed by atoms with Gasteiger partial charge in [0, 0.05) is 5.39 Å². The summed E-state index contributed by atoms with van der Waals surface area (Å²) in [5, 5.41) is 1.44. The lowest BCUT2D eigenvalue weighted by atomic mass is 10.1. The number of fused-ring (bicyclic) bond motifs is 1. The van der Waals surface area contributed by atoms with Gasteiger partial charge in [-0.1, -0.05) is 49.7 Å². The van der Waals surface area contributed by atoms with E-state index in [1.807, 2.05) is 25.1 Å². The Balaban J connectivity index is 2.44. The van der Waals surface area contributed by atoms with Crippen LogP contribution in [0.25, 0.3) is 10.8 Å². The maximum absolute atomic E-state index is 12.5. The van der Waals surface area contributed by atoms with E-state index in [1.54, 1.807) is 18.2 Å². The van der Waals surface area contributed by atoms with Gasteiger partial charge in [0.05, 0.1) is 4.90 Å². The van der Waals surface area contributed by atoms with Crippen LogP contribution in [0.5, 0.6) is 0 Å². The predicted octanol–water partition coefficient (Wildman–Crippen LogP) is 1.77. The molecule has 2 aromatic carbocycles. The number of carbonyl (C=O) groups is 1. The minimum Gasteiger partial charge on any atom is -0.368 e. The average molecular weight is 306 g/mol. The summed E-state index contributed by atoms with van der Waals surface area (Å²) < 4.78 is 27.4. The monoisotopic (exact) mass is 306 g/mol. The quantitative estimate of drug-likeness (QED) is 0.852. The van der Waals surface area contributed by atoms with E-state index in [1.165, 1.54) is 6.07 Å². The number of nitrogens with two attached hydrogens (primary N) is 1. The molecule has 5 nitrogen and oxygen atoms in total. The van der Waals surface area contributed by atoms with Gasteiger partial charge in [-0.15, -0.1) is 0 Å². The molecule has 0 saturated heterocycles. The number of rotatable bonds is 6. The highest BCUT2D eigenvalue weighted by Crippen LogP contribution is 2.23. The highest BCUT2D eigenvalue weighted by Gasteiger charge is 2.24. The van der Waals surface area contributed by atoms with E-state index in [-0.39, 0.29) is 4.90 Å². The van der Waals surface area contributed by atoms with Gasteiger partial charge in [-0.25, -0.2) is 8.42 Å². The normalized spacial score (nSPS) is 13.2. The van der Waals surface area contributed by atoms with Gasteiger partial charge in [0.2, 0.25) is 15.9 Å². The Hall–Kier alpha value is -1.92. The molecule has 1 amide bonds. The molecule has 0 aliphatic rings. The summed E-state index contributed by atoms with van der Waals surface area (Å²) in [6.07, 6.45) is 1.03. The fourth-order valence-corrected chi connectivity index (χ4v) is 3.70. The van der Waals surface area contributed by atoms with Crippen molar-refractivity contribution < 1.29 is 13.2 Å². The van der Waals surface area contributed by atoms with Crippen LogP contribution in [0.2, 0.25) is 0 Å². The van der Waals surface area contributed by atoms with Gasteiger partial charge >= 0.3 is 0 Å². The van der Waals surface area contributed by atoms with E-state index in [4.69, 9.17) is 5.73 Å². The van der Waals surface area contributed by atoms with E-state index < -0.39 is 22.0 Å². The topological polar surface area (TPSA) is 89.3 Å². The summed E-state index contributed by atoms with van der Waals surface area (Å²) in [5.74, 6) is -0.666. The van der Waals surface area contributed by atoms with E-state index in [2.05, 4.69) is 4.72 Å². The van der Waals surface area contributed by atoms with Gasteiger partial charge in [0.15, 0.2) is 0 Å². The van der Waals surface area contributed by atoms with Crippen molar-refractivity contribution in [2.75, 3.05) is 0 Å². The first-order valence-electron chi connectivity index (χ1n) is 6.75. The Kier molecular flexibility index (Phi) is 4.59. The third-order valence-corrected chi connectivity index (χ3v) is 4.79. The number of benzene rings is 2. The van der Waals surface area contributed by atoms with Crippen molar-refractivity contribution in [1.29, 1.82) is 0 Å². The Bertz CT molecular complexity index is 751. The number of primary amides is 1. The molecule has 0 spiro atoms. The van der Waals surface area contributed by atoms with Crippen LogP contribution in [-0.4, -0.2) is 20.4 Å². The zero-order valence-electron chi connectivity index (χ0n) is 11.7. The second kappa shape index (κ2) is 6.24. The lowest BCUT2D eigenvalue weighted by Gasteiger charge is -2.16. The zero-order valence-corrected chi connectivity index (χ0v) is 12.6. The molecule has 0 saturated carbocycles. The van der Waals surface area contributed by atoms with Crippen LogP contribution in [0.4, 0.5) is 0 Å². The summed E-state index contributed by atoms with van der Waals surface area (Å²) >= 11 is 0. The minimum absolute atomic E-state index is 0.156. The first-order valence-corrected chi connectivity index (χ1v) is 8.23. The van der Waals surface area contributed by atoms with E-state index in [0.29, 0.717) is 18.2 Å². The van der Waals surface area contributed by atoms with Gasteiger partial charge in [0.1, 0.15) is 6.04 Å². The van der Waals surface area contributed by atoms with Crippen molar-refractivity contribution in [2.24, 2.45) is 5.73 Å². The van der Waals surface area contributed by atoms with Crippen LogP contribution in [0.3, 0.4) is 0 Å². The molecule has 1 atom stereocenters. The summed E-state index contributed by atoms with van der Waals surface area (Å²) in [4.78, 5) is 11.5. The molecule has 2 rings (SSSR count). The van der Waals surface area contributed by atoms with Gasteiger partial charge in [0.25, 0.3) is 0 Å². The molecule has 0 radical (unpaired) electrons. The van der Waals surface area contributed by atoms with Crippen LogP contribution in [0.1, 0.15) is 19.8 Å². The molecule has 2 aromatic rings. The standard InChI is InChI=1S/C15H18N2O3S/c1-2-6-13(15(16)18)17-21(19,20)14-10-5-8-11-7-3-4-9-12(11)14/h3-5,7-10,13,17H,2,6H2,1H3,(H2,16,18)/t13-/m0/s1. The van der Waals surface area contributed by atoms with Crippen molar-refractivity contribution in [1.82, 2.24) is 4.72 Å². The van der Waals surface area contributed by atoms with Crippen LogP contribution in [-0.2, 0) is 14.8 Å². The predicted molar refractivity (Wildman–Crippen MR) is 82.2 cm³/mol. The number of hydrogen-bond acceptors (Lipinski definition) is 3. The van der Waals surface area contributed by atoms with Gasteiger partial charge in [-0.05, 0) is 17.9 Å². The Morgan fingerprint density at radius 2 is 1.86 bits per heavy atom. The molecule has 0 bridgehead atoms. The van der Waals surface area contributed by atoms with Crippen LogP contribution in [0, 0.1) is 0 Å². The zero-order chi connectivity index (χ0) is 15.5. The maximum Gasteiger partial charge on any atom is 0.241 e. The molecule has 0 unspecified atom stereocenters. The number of nitrogens with one attached hydrogen (secondary N) is 1. The highest BCUT2D eigenvalue weighted by molar-refractivity contribution is 7.89. The van der Waals surface area contributed by atoms with E-state index >= 15 is 0 Å². The minimum atomic E-state index is -3.80. The third kappa shape index (κ3) is 3.40. The number of amides is 1. The molecule has 0 aliphatic carbocycles. The highest BCUT2D eigenvalue weighted by atomic mass is 32.2. The fourth-order valence-electron chi connectivity index (χ4n) is 2.23. The van der Waals surface area contributed by atoms with Crippen LogP contribution in [0.15, 0.2) is 47.4 Å². The largest absolute Gasteiger partial charge is 0.368 e. The first-order chi connectivity index (χ1) is 9.95. The summed E-state index contributed by atoms with van der Waals surface area (Å²) in [6.45, 7) is 1.86. The molecule has 0 aromatic heterocycles. The number of sulfonamides is 1. The van der Waals surface area contributed by atoms with Gasteiger partial charge in [-0.2, -0.15) is 4.72 Å². The smallest absolute Gasteiger partial charge is 0.241 e. The lowest BCUT2D eigenvalue weighted by molar-refractivity contribution is -0.119. The second-order valence-electron chi connectivity index (χ2n) is 4.84. The van der Waals surface area contributed by atoms with Crippen molar-refractivity contribution in [3.05, 3.63) is 42.5 Å². The Morgan fingerprint density at radius 1 is 1.19 bits per heavy atom. The molecule has 0 heterocycles. The lowest BCUT2D eigenvalue weighted by Crippen LogP contribution is -2.44. The summed E-state index contributed by atoms with van der Waals surface area (Å²) in [7, 11) is -3.80. The summed E-state index contributed by atoms with van der Waals surface area (Å²) in [5.41, 5.74) is 5.25. The molecule has 0 aliphatic heterocycles. The molecule has 0 fully saturated rings.